The van der Waals surface area contributed by atoms with E-state index in [-0.39, 0.29) is 6.03 Å². The SMILES string of the molecule is Cc1ccc(NC(=O)N(C)CCC(C)O)cc1Cl. The van der Waals surface area contributed by atoms with Gasteiger partial charge in [0, 0.05) is 24.3 Å². The smallest absolute Gasteiger partial charge is 0.321 e. The van der Waals surface area contributed by atoms with Gasteiger partial charge in [0.2, 0.25) is 0 Å². The van der Waals surface area contributed by atoms with Crippen LogP contribution in [0, 0.1) is 6.92 Å². The number of amides is 2. The summed E-state index contributed by atoms with van der Waals surface area (Å²) in [5, 5.41) is 12.5. The minimum atomic E-state index is -0.408. The highest BCUT2D eigenvalue weighted by Crippen LogP contribution is 2.20. The lowest BCUT2D eigenvalue weighted by atomic mass is 10.2. The molecule has 4 nitrogen and oxygen atoms in total. The molecule has 1 aromatic rings. The summed E-state index contributed by atoms with van der Waals surface area (Å²) in [7, 11) is 1.69. The van der Waals surface area contributed by atoms with E-state index in [4.69, 9.17) is 16.7 Å². The van der Waals surface area contributed by atoms with Gasteiger partial charge < -0.3 is 15.3 Å². The summed E-state index contributed by atoms with van der Waals surface area (Å²) < 4.78 is 0. The predicted octanol–water partition coefficient (Wildman–Crippen LogP) is 2.88. The van der Waals surface area contributed by atoms with Crippen molar-refractivity contribution in [3.8, 4) is 0 Å². The van der Waals surface area contributed by atoms with Gasteiger partial charge in [0.1, 0.15) is 0 Å². The number of halogens is 1. The maximum Gasteiger partial charge on any atom is 0.321 e. The Morgan fingerprint density at radius 2 is 2.22 bits per heavy atom. The summed E-state index contributed by atoms with van der Waals surface area (Å²) in [6.45, 7) is 4.11. The minimum absolute atomic E-state index is 0.212. The van der Waals surface area contributed by atoms with Crippen LogP contribution in [0.5, 0.6) is 0 Å². The summed E-state index contributed by atoms with van der Waals surface area (Å²) in [4.78, 5) is 13.3. The summed E-state index contributed by atoms with van der Waals surface area (Å²) in [5.41, 5.74) is 1.64. The van der Waals surface area contributed by atoms with Crippen LogP contribution in [-0.4, -0.2) is 35.7 Å². The quantitative estimate of drug-likeness (QED) is 0.884. The van der Waals surface area contributed by atoms with Crippen molar-refractivity contribution in [3.05, 3.63) is 28.8 Å². The molecule has 0 radical (unpaired) electrons. The highest BCUT2D eigenvalue weighted by atomic mass is 35.5. The molecule has 0 saturated heterocycles. The van der Waals surface area contributed by atoms with Gasteiger partial charge in [-0.15, -0.1) is 0 Å². The molecule has 2 N–H and O–H groups in total. The molecular formula is C13H19ClN2O2. The van der Waals surface area contributed by atoms with E-state index in [0.717, 1.165) is 5.56 Å². The Kier molecular flexibility index (Phi) is 5.44. The van der Waals surface area contributed by atoms with Gasteiger partial charge in [0.25, 0.3) is 0 Å². The molecule has 100 valence electrons. The highest BCUT2D eigenvalue weighted by Gasteiger charge is 2.10. The van der Waals surface area contributed by atoms with E-state index in [1.54, 1.807) is 20.0 Å². The van der Waals surface area contributed by atoms with Crippen LogP contribution in [-0.2, 0) is 0 Å². The van der Waals surface area contributed by atoms with Gasteiger partial charge in [-0.1, -0.05) is 17.7 Å². The molecule has 5 heteroatoms. The fourth-order valence-corrected chi connectivity index (χ4v) is 1.55. The number of carbonyl (C=O) groups excluding carboxylic acids is 1. The number of benzene rings is 1. The lowest BCUT2D eigenvalue weighted by molar-refractivity contribution is 0.167. The van der Waals surface area contributed by atoms with Gasteiger partial charge in [0.05, 0.1) is 6.10 Å². The number of rotatable bonds is 4. The highest BCUT2D eigenvalue weighted by molar-refractivity contribution is 6.31. The monoisotopic (exact) mass is 270 g/mol. The van der Waals surface area contributed by atoms with Crippen molar-refractivity contribution in [1.82, 2.24) is 4.90 Å². The molecule has 0 saturated carbocycles. The number of aliphatic hydroxyl groups excluding tert-OH is 1. The van der Waals surface area contributed by atoms with Crippen molar-refractivity contribution in [2.24, 2.45) is 0 Å². The molecule has 18 heavy (non-hydrogen) atoms. The average molecular weight is 271 g/mol. The van der Waals surface area contributed by atoms with Gasteiger partial charge in [0.15, 0.2) is 0 Å². The third-order valence-electron chi connectivity index (χ3n) is 2.65. The maximum absolute atomic E-state index is 11.8. The molecule has 1 rings (SSSR count). The number of hydrogen-bond acceptors (Lipinski definition) is 2. The third-order valence-corrected chi connectivity index (χ3v) is 3.06. The lowest BCUT2D eigenvalue weighted by Gasteiger charge is -2.18. The first kappa shape index (κ1) is 14.8. The van der Waals surface area contributed by atoms with Crippen molar-refractivity contribution < 1.29 is 9.90 Å². The topological polar surface area (TPSA) is 52.6 Å². The second-order valence-corrected chi connectivity index (χ2v) is 4.86. The molecule has 1 unspecified atom stereocenters. The fraction of sp³-hybridized carbons (Fsp3) is 0.462. The standard InChI is InChI=1S/C13H19ClN2O2/c1-9-4-5-11(8-12(9)14)15-13(18)16(3)7-6-10(2)17/h4-5,8,10,17H,6-7H2,1-3H3,(H,15,18). The van der Waals surface area contributed by atoms with E-state index in [1.807, 2.05) is 19.1 Å². The number of carbonyl (C=O) groups is 1. The van der Waals surface area contributed by atoms with E-state index in [2.05, 4.69) is 5.32 Å². The predicted molar refractivity (Wildman–Crippen MR) is 74.1 cm³/mol. The van der Waals surface area contributed by atoms with E-state index in [0.29, 0.717) is 23.7 Å². The first-order valence-electron chi connectivity index (χ1n) is 5.86. The molecule has 1 atom stereocenters. The molecule has 0 fully saturated rings. The normalized spacial score (nSPS) is 12.1. The van der Waals surface area contributed by atoms with Crippen molar-refractivity contribution in [2.45, 2.75) is 26.4 Å². The number of nitrogens with one attached hydrogen (secondary N) is 1. The molecular weight excluding hydrogens is 252 g/mol. The molecule has 0 heterocycles. The van der Waals surface area contributed by atoms with Crippen LogP contribution in [0.4, 0.5) is 10.5 Å². The van der Waals surface area contributed by atoms with Gasteiger partial charge in [-0.05, 0) is 38.0 Å². The lowest BCUT2D eigenvalue weighted by Crippen LogP contribution is -2.33. The van der Waals surface area contributed by atoms with Crippen LogP contribution in [0.15, 0.2) is 18.2 Å². The molecule has 0 spiro atoms. The number of aryl methyl sites for hydroxylation is 1. The summed E-state index contributed by atoms with van der Waals surface area (Å²) in [6.07, 6.45) is 0.146. The third kappa shape index (κ3) is 4.55. The van der Waals surface area contributed by atoms with Crippen LogP contribution in [0.2, 0.25) is 5.02 Å². The molecule has 0 aliphatic rings. The Morgan fingerprint density at radius 3 is 2.78 bits per heavy atom. The maximum atomic E-state index is 11.8. The van der Waals surface area contributed by atoms with Crippen molar-refractivity contribution in [2.75, 3.05) is 18.9 Å². The first-order valence-corrected chi connectivity index (χ1v) is 6.24. The Bertz CT molecular complexity index is 421. The molecule has 0 aromatic heterocycles. The summed E-state index contributed by atoms with van der Waals surface area (Å²) >= 11 is 5.98. The fourth-order valence-electron chi connectivity index (χ4n) is 1.37. The number of anilines is 1. The zero-order valence-electron chi connectivity index (χ0n) is 10.9. The number of aliphatic hydroxyl groups is 1. The number of hydrogen-bond donors (Lipinski definition) is 2. The molecule has 0 bridgehead atoms. The van der Waals surface area contributed by atoms with E-state index in [9.17, 15) is 4.79 Å². The van der Waals surface area contributed by atoms with E-state index >= 15 is 0 Å². The molecule has 1 aromatic carbocycles. The van der Waals surface area contributed by atoms with Crippen molar-refractivity contribution >= 4 is 23.3 Å². The number of urea groups is 1. The first-order chi connectivity index (χ1) is 8.40. The second kappa shape index (κ2) is 6.61. The van der Waals surface area contributed by atoms with Crippen LogP contribution in [0.25, 0.3) is 0 Å². The van der Waals surface area contributed by atoms with Crippen LogP contribution in [0.1, 0.15) is 18.9 Å². The second-order valence-electron chi connectivity index (χ2n) is 4.45. The van der Waals surface area contributed by atoms with Crippen LogP contribution in [0.3, 0.4) is 0 Å². The van der Waals surface area contributed by atoms with Gasteiger partial charge >= 0.3 is 6.03 Å². The van der Waals surface area contributed by atoms with Gasteiger partial charge in [-0.3, -0.25) is 0 Å². The largest absolute Gasteiger partial charge is 0.393 e. The van der Waals surface area contributed by atoms with Gasteiger partial charge in [-0.2, -0.15) is 0 Å². The molecule has 0 aliphatic heterocycles. The average Bonchev–Trinajstić information content (AvgIpc) is 2.30. The molecule has 0 aliphatic carbocycles. The van der Waals surface area contributed by atoms with Crippen molar-refractivity contribution in [1.29, 1.82) is 0 Å². The Hall–Kier alpha value is -1.26. The Labute approximate surface area is 113 Å². The summed E-state index contributed by atoms with van der Waals surface area (Å²) in [5.74, 6) is 0. The summed E-state index contributed by atoms with van der Waals surface area (Å²) in [6, 6.07) is 5.17. The van der Waals surface area contributed by atoms with Crippen molar-refractivity contribution in [3.63, 3.8) is 0 Å². The van der Waals surface area contributed by atoms with Gasteiger partial charge in [-0.25, -0.2) is 4.79 Å². The zero-order valence-corrected chi connectivity index (χ0v) is 11.7. The van der Waals surface area contributed by atoms with E-state index < -0.39 is 6.10 Å². The van der Waals surface area contributed by atoms with Crippen LogP contribution < -0.4 is 5.32 Å². The Balaban J connectivity index is 2.55. The molecule has 2 amide bonds. The van der Waals surface area contributed by atoms with Crippen LogP contribution >= 0.6 is 11.6 Å². The Morgan fingerprint density at radius 1 is 1.56 bits per heavy atom. The number of nitrogens with zero attached hydrogens (tertiary/aromatic N) is 1. The minimum Gasteiger partial charge on any atom is -0.393 e. The zero-order chi connectivity index (χ0) is 13.7. The van der Waals surface area contributed by atoms with E-state index in [1.165, 1.54) is 4.90 Å².